The maximum Gasteiger partial charge on any atom is 0.281 e. The van der Waals surface area contributed by atoms with Gasteiger partial charge in [0.15, 0.2) is 5.82 Å². The second-order valence-electron chi connectivity index (χ2n) is 3.63. The summed E-state index contributed by atoms with van der Waals surface area (Å²) in [5.74, 6) is 6.16. The number of fused-ring (bicyclic) bond motifs is 1. The zero-order chi connectivity index (χ0) is 14.0. The number of nitrogens with one attached hydrogen (secondary N) is 3. The molecule has 2 aromatic rings. The molecule has 0 aliphatic heterocycles. The molecule has 0 unspecified atom stereocenters. The summed E-state index contributed by atoms with van der Waals surface area (Å²) in [5, 5.41) is 14.9. The molecule has 5 N–H and O–H groups in total. The first-order valence-electron chi connectivity index (χ1n) is 5.44. The Hall–Kier alpha value is -2.68. The van der Waals surface area contributed by atoms with E-state index in [1.54, 1.807) is 6.92 Å². The van der Waals surface area contributed by atoms with Gasteiger partial charge in [-0.05, 0) is 13.0 Å². The number of nitrogen functional groups attached to an aromatic ring is 1. The van der Waals surface area contributed by atoms with E-state index < -0.39 is 4.92 Å². The normalized spacial score (nSPS) is 10.4. The van der Waals surface area contributed by atoms with Crippen molar-refractivity contribution >= 4 is 28.1 Å². The average Bonchev–Trinajstić information content (AvgIpc) is 2.78. The van der Waals surface area contributed by atoms with Gasteiger partial charge in [-0.1, -0.05) is 0 Å². The zero-order valence-corrected chi connectivity index (χ0v) is 10.1. The number of nitrogens with zero attached hydrogens (tertiary/aromatic N) is 2. The van der Waals surface area contributed by atoms with Gasteiger partial charge in [0.05, 0.1) is 16.9 Å². The van der Waals surface area contributed by atoms with Gasteiger partial charge >= 0.3 is 0 Å². The number of nitro benzene ring substituents is 1. The van der Waals surface area contributed by atoms with E-state index in [1.807, 2.05) is 0 Å². The van der Waals surface area contributed by atoms with Crippen molar-refractivity contribution in [2.24, 2.45) is 11.0 Å². The fraction of sp³-hybridized carbons (Fsp3) is 0.200. The highest BCUT2D eigenvalue weighted by atomic mass is 16.6. The first kappa shape index (κ1) is 12.8. The van der Waals surface area contributed by atoms with Crippen LogP contribution < -0.4 is 16.0 Å². The van der Waals surface area contributed by atoms with Crippen LogP contribution in [0.2, 0.25) is 0 Å². The maximum atomic E-state index is 11.0. The van der Waals surface area contributed by atoms with Gasteiger partial charge in [0.1, 0.15) is 17.0 Å². The summed E-state index contributed by atoms with van der Waals surface area (Å²) in [6, 6.07) is 2.81. The summed E-state index contributed by atoms with van der Waals surface area (Å²) >= 11 is 0. The molecule has 0 saturated heterocycles. The van der Waals surface area contributed by atoms with Crippen molar-refractivity contribution in [3.05, 3.63) is 22.2 Å². The molecule has 19 heavy (non-hydrogen) atoms. The summed E-state index contributed by atoms with van der Waals surface area (Å²) in [6.07, 6.45) is 0. The van der Waals surface area contributed by atoms with Crippen molar-refractivity contribution < 1.29 is 9.66 Å². The molecule has 100 valence electrons. The first-order valence-corrected chi connectivity index (χ1v) is 5.44. The van der Waals surface area contributed by atoms with E-state index in [4.69, 9.17) is 16.1 Å². The minimum atomic E-state index is -0.541. The highest BCUT2D eigenvalue weighted by molar-refractivity contribution is 6.09. The number of H-pyrrole nitrogens is 1. The van der Waals surface area contributed by atoms with Crippen LogP contribution in [0, 0.1) is 15.6 Å². The van der Waals surface area contributed by atoms with Gasteiger partial charge in [0.25, 0.3) is 5.69 Å². The van der Waals surface area contributed by atoms with E-state index in [-0.39, 0.29) is 16.9 Å². The maximum absolute atomic E-state index is 11.0. The predicted molar refractivity (Wildman–Crippen MR) is 68.7 cm³/mol. The topological polar surface area (TPSA) is 142 Å². The summed E-state index contributed by atoms with van der Waals surface area (Å²) in [5.41, 5.74) is 9.31. The van der Waals surface area contributed by atoms with Gasteiger partial charge in [-0.3, -0.25) is 10.1 Å². The van der Waals surface area contributed by atoms with E-state index in [1.165, 1.54) is 12.1 Å². The van der Waals surface area contributed by atoms with Gasteiger partial charge in [-0.2, -0.15) is 0 Å². The Morgan fingerprint density at radius 2 is 2.32 bits per heavy atom. The zero-order valence-electron chi connectivity index (χ0n) is 10.1. The van der Waals surface area contributed by atoms with Gasteiger partial charge in [0, 0.05) is 6.07 Å². The van der Waals surface area contributed by atoms with Crippen LogP contribution in [0.3, 0.4) is 0 Å². The van der Waals surface area contributed by atoms with E-state index in [9.17, 15) is 10.1 Å². The molecule has 0 aliphatic carbocycles. The molecule has 0 amide bonds. The van der Waals surface area contributed by atoms with Gasteiger partial charge in [-0.25, -0.2) is 11.4 Å². The number of anilines is 1. The molecule has 1 aromatic heterocycles. The summed E-state index contributed by atoms with van der Waals surface area (Å²) in [6.45, 7) is 2.20. The molecule has 1 heterocycles. The fourth-order valence-corrected chi connectivity index (χ4v) is 1.92. The number of rotatable bonds is 5. The third-order valence-corrected chi connectivity index (χ3v) is 2.63. The number of hydrazine groups is 1. The third kappa shape index (κ3) is 1.95. The molecule has 9 heteroatoms. The van der Waals surface area contributed by atoms with Crippen LogP contribution in [0.15, 0.2) is 17.2 Å². The van der Waals surface area contributed by atoms with Gasteiger partial charge in [0.2, 0.25) is 0 Å². The molecule has 0 atom stereocenters. The second kappa shape index (κ2) is 4.90. The number of nitrogens with two attached hydrogens (primary N) is 1. The third-order valence-electron chi connectivity index (χ3n) is 2.63. The monoisotopic (exact) mass is 264 g/mol. The van der Waals surface area contributed by atoms with Crippen LogP contribution in [-0.4, -0.2) is 16.5 Å². The van der Waals surface area contributed by atoms with E-state index in [0.29, 0.717) is 23.6 Å². The van der Waals surface area contributed by atoms with Crippen molar-refractivity contribution in [2.45, 2.75) is 6.92 Å². The van der Waals surface area contributed by atoms with Crippen LogP contribution in [-0.2, 0) is 0 Å². The lowest BCUT2D eigenvalue weighted by Crippen LogP contribution is -2.07. The number of hydrogen-bond donors (Lipinski definition) is 4. The van der Waals surface area contributed by atoms with Crippen LogP contribution in [0.4, 0.5) is 17.3 Å². The van der Waals surface area contributed by atoms with Crippen LogP contribution in [0.25, 0.3) is 10.8 Å². The Morgan fingerprint density at radius 1 is 1.58 bits per heavy atom. The van der Waals surface area contributed by atoms with Crippen molar-refractivity contribution in [1.82, 2.24) is 4.98 Å². The predicted octanol–water partition coefficient (Wildman–Crippen LogP) is 2.42. The minimum Gasteiger partial charge on any atom is -0.493 e. The molecule has 1 aromatic carbocycles. The van der Waals surface area contributed by atoms with E-state index in [0.717, 1.165) is 0 Å². The van der Waals surface area contributed by atoms with E-state index in [2.05, 4.69) is 15.5 Å². The van der Waals surface area contributed by atoms with Gasteiger partial charge < -0.3 is 15.1 Å². The summed E-state index contributed by atoms with van der Waals surface area (Å²) < 4.78 is 5.41. The molecule has 0 radical (unpaired) electrons. The SMILES string of the molecule is CCOc1ccc([N+](=O)[O-])c2c(N=N)[nH]c(NN)c12. The van der Waals surface area contributed by atoms with Crippen LogP contribution >= 0.6 is 0 Å². The number of nitro groups is 1. The second-order valence-corrected chi connectivity index (χ2v) is 3.63. The highest BCUT2D eigenvalue weighted by Crippen LogP contribution is 2.43. The molecule has 0 spiro atoms. The Bertz CT molecular complexity index is 650. The largest absolute Gasteiger partial charge is 0.493 e. The Labute approximate surface area is 107 Å². The van der Waals surface area contributed by atoms with Crippen LogP contribution in [0.5, 0.6) is 5.75 Å². The van der Waals surface area contributed by atoms with Crippen molar-refractivity contribution in [3.8, 4) is 5.75 Å². The molecular weight excluding hydrogens is 252 g/mol. The van der Waals surface area contributed by atoms with Crippen molar-refractivity contribution in [1.29, 1.82) is 5.53 Å². The fourth-order valence-electron chi connectivity index (χ4n) is 1.92. The molecule has 0 saturated carbocycles. The standard InChI is InChI=1S/C10H12N6O3/c1-2-19-6-4-3-5(16(17)18)7-8(6)10(15-12)13-9(7)14-11/h3-4,11,13,15H,2,12H2,1H3. The van der Waals surface area contributed by atoms with E-state index >= 15 is 0 Å². The van der Waals surface area contributed by atoms with Crippen molar-refractivity contribution in [2.75, 3.05) is 12.0 Å². The number of aromatic amines is 1. The molecule has 0 aliphatic rings. The number of benzene rings is 1. The Balaban J connectivity index is 2.89. The van der Waals surface area contributed by atoms with Crippen molar-refractivity contribution in [3.63, 3.8) is 0 Å². The average molecular weight is 264 g/mol. The number of ether oxygens (including phenoxy) is 1. The lowest BCUT2D eigenvalue weighted by Gasteiger charge is -2.06. The lowest BCUT2D eigenvalue weighted by molar-refractivity contribution is -0.383. The highest BCUT2D eigenvalue weighted by Gasteiger charge is 2.23. The molecule has 9 nitrogen and oxygen atoms in total. The number of hydrogen-bond acceptors (Lipinski definition) is 7. The molecular formula is C10H12N6O3. The number of aromatic nitrogens is 1. The smallest absolute Gasteiger partial charge is 0.281 e. The first-order chi connectivity index (χ1) is 9.13. The molecule has 0 fully saturated rings. The Kier molecular flexibility index (Phi) is 3.29. The minimum absolute atomic E-state index is 0.0520. The summed E-state index contributed by atoms with van der Waals surface area (Å²) in [4.78, 5) is 13.2. The molecule has 0 bridgehead atoms. The lowest BCUT2D eigenvalue weighted by atomic mass is 10.1. The Morgan fingerprint density at radius 3 is 2.84 bits per heavy atom. The van der Waals surface area contributed by atoms with Crippen LogP contribution in [0.1, 0.15) is 6.92 Å². The number of non-ortho nitro benzene ring substituents is 1. The quantitative estimate of drug-likeness (QED) is 0.284. The van der Waals surface area contributed by atoms with Gasteiger partial charge in [-0.15, -0.1) is 5.11 Å². The molecule has 2 rings (SSSR count). The summed E-state index contributed by atoms with van der Waals surface area (Å²) in [7, 11) is 0.